The van der Waals surface area contributed by atoms with Gasteiger partial charge in [0, 0.05) is 17.5 Å². The largest absolute Gasteiger partial charge is 0.492 e. The number of rotatable bonds is 9. The molecule has 0 saturated heterocycles. The van der Waals surface area contributed by atoms with Gasteiger partial charge in [-0.3, -0.25) is 9.59 Å². The number of carbonyl (C=O) groups is 2. The van der Waals surface area contributed by atoms with E-state index in [0.29, 0.717) is 40.1 Å². The van der Waals surface area contributed by atoms with Crippen LogP contribution in [0.5, 0.6) is 5.75 Å². The smallest absolute Gasteiger partial charge is 0.253 e. The second-order valence-electron chi connectivity index (χ2n) is 6.40. The summed E-state index contributed by atoms with van der Waals surface area (Å²) in [6.07, 6.45) is 1.59. The number of carbonyl (C=O) groups excluding carboxylic acids is 2. The van der Waals surface area contributed by atoms with Gasteiger partial charge in [0.25, 0.3) is 5.91 Å². The molecule has 150 valence electrons. The topological polar surface area (TPSA) is 67.4 Å². The van der Waals surface area contributed by atoms with Crippen LogP contribution in [-0.4, -0.2) is 24.5 Å². The van der Waals surface area contributed by atoms with E-state index < -0.39 is 0 Å². The lowest BCUT2D eigenvalue weighted by molar-refractivity contribution is -0.116. The highest BCUT2D eigenvalue weighted by molar-refractivity contribution is 6.35. The van der Waals surface area contributed by atoms with Gasteiger partial charge < -0.3 is 15.4 Å². The third-order valence-corrected chi connectivity index (χ3v) is 4.67. The Labute approximate surface area is 175 Å². The lowest BCUT2D eigenvalue weighted by atomic mass is 10.1. The molecule has 5 nitrogen and oxygen atoms in total. The molecule has 0 aliphatic heterocycles. The van der Waals surface area contributed by atoms with Crippen molar-refractivity contribution >= 4 is 40.7 Å². The molecule has 28 heavy (non-hydrogen) atoms. The summed E-state index contributed by atoms with van der Waals surface area (Å²) >= 11 is 11.9. The summed E-state index contributed by atoms with van der Waals surface area (Å²) < 4.78 is 5.58. The number of amides is 2. The number of halogens is 2. The Hall–Kier alpha value is -2.24. The zero-order valence-electron chi connectivity index (χ0n) is 15.9. The molecular weight excluding hydrogens is 399 g/mol. The van der Waals surface area contributed by atoms with Gasteiger partial charge in [0.05, 0.1) is 22.9 Å². The van der Waals surface area contributed by atoms with E-state index >= 15 is 0 Å². The average molecular weight is 423 g/mol. The van der Waals surface area contributed by atoms with Crippen LogP contribution in [0.3, 0.4) is 0 Å². The molecular formula is C21H24Cl2N2O3. The van der Waals surface area contributed by atoms with E-state index in [4.69, 9.17) is 27.9 Å². The zero-order chi connectivity index (χ0) is 20.5. The fraction of sp³-hybridized carbons (Fsp3) is 0.333. The molecule has 1 atom stereocenters. The molecule has 0 spiro atoms. The number of anilines is 1. The van der Waals surface area contributed by atoms with Crippen LogP contribution in [0.25, 0.3) is 0 Å². The van der Waals surface area contributed by atoms with Gasteiger partial charge in [0.1, 0.15) is 5.75 Å². The quantitative estimate of drug-likeness (QED) is 0.537. The van der Waals surface area contributed by atoms with Gasteiger partial charge in [0.15, 0.2) is 0 Å². The summed E-state index contributed by atoms with van der Waals surface area (Å²) in [7, 11) is 0. The molecule has 0 heterocycles. The monoisotopic (exact) mass is 422 g/mol. The number of para-hydroxylation sites is 1. The van der Waals surface area contributed by atoms with E-state index in [2.05, 4.69) is 10.6 Å². The summed E-state index contributed by atoms with van der Waals surface area (Å²) in [5, 5.41) is 6.67. The van der Waals surface area contributed by atoms with Crippen molar-refractivity contribution in [2.75, 3.05) is 11.9 Å². The number of hydrogen-bond donors (Lipinski definition) is 2. The van der Waals surface area contributed by atoms with E-state index in [1.54, 1.807) is 42.5 Å². The van der Waals surface area contributed by atoms with E-state index in [9.17, 15) is 9.59 Å². The van der Waals surface area contributed by atoms with Gasteiger partial charge in [-0.1, -0.05) is 42.3 Å². The van der Waals surface area contributed by atoms with Gasteiger partial charge in [0.2, 0.25) is 5.91 Å². The fourth-order valence-electron chi connectivity index (χ4n) is 2.41. The number of ether oxygens (including phenoxy) is 1. The molecule has 0 aliphatic carbocycles. The molecule has 0 radical (unpaired) electrons. The van der Waals surface area contributed by atoms with Crippen LogP contribution in [0.2, 0.25) is 10.0 Å². The highest BCUT2D eigenvalue weighted by Crippen LogP contribution is 2.27. The van der Waals surface area contributed by atoms with Crippen LogP contribution in [0.15, 0.2) is 42.5 Å². The van der Waals surface area contributed by atoms with Crippen molar-refractivity contribution in [1.29, 1.82) is 0 Å². The third kappa shape index (κ3) is 6.73. The third-order valence-electron chi connectivity index (χ3n) is 4.14. The maximum Gasteiger partial charge on any atom is 0.253 e. The first-order valence-corrected chi connectivity index (χ1v) is 9.94. The summed E-state index contributed by atoms with van der Waals surface area (Å²) in [6, 6.07) is 12.0. The first-order valence-electron chi connectivity index (χ1n) is 9.18. The van der Waals surface area contributed by atoms with Crippen molar-refractivity contribution in [1.82, 2.24) is 5.32 Å². The lowest BCUT2D eigenvalue weighted by Gasteiger charge is -2.14. The SMILES string of the molecule is CCC(C)NC(=O)c1ccccc1NC(=O)CCCOc1ccc(Cl)cc1Cl. The van der Waals surface area contributed by atoms with Crippen molar-refractivity contribution in [3.8, 4) is 5.75 Å². The predicted octanol–water partition coefficient (Wildman–Crippen LogP) is 5.32. The molecule has 0 fully saturated rings. The second-order valence-corrected chi connectivity index (χ2v) is 7.25. The molecule has 2 amide bonds. The summed E-state index contributed by atoms with van der Waals surface area (Å²) in [5.41, 5.74) is 0.940. The molecule has 0 bridgehead atoms. The van der Waals surface area contributed by atoms with Crippen molar-refractivity contribution in [3.63, 3.8) is 0 Å². The first-order chi connectivity index (χ1) is 13.4. The Morgan fingerprint density at radius 3 is 2.61 bits per heavy atom. The minimum Gasteiger partial charge on any atom is -0.492 e. The molecule has 2 N–H and O–H groups in total. The second kappa shape index (κ2) is 10.9. The maximum atomic E-state index is 12.4. The van der Waals surface area contributed by atoms with Crippen molar-refractivity contribution < 1.29 is 14.3 Å². The van der Waals surface area contributed by atoms with E-state index in [1.165, 1.54) is 0 Å². The first kappa shape index (κ1) is 22.1. The molecule has 2 aromatic carbocycles. The number of hydrogen-bond acceptors (Lipinski definition) is 3. The predicted molar refractivity (Wildman–Crippen MR) is 113 cm³/mol. The van der Waals surface area contributed by atoms with Gasteiger partial charge >= 0.3 is 0 Å². The molecule has 0 aromatic heterocycles. The van der Waals surface area contributed by atoms with Gasteiger partial charge in [-0.2, -0.15) is 0 Å². The van der Waals surface area contributed by atoms with E-state index in [0.717, 1.165) is 6.42 Å². The van der Waals surface area contributed by atoms with Crippen LogP contribution >= 0.6 is 23.2 Å². The zero-order valence-corrected chi connectivity index (χ0v) is 17.4. The van der Waals surface area contributed by atoms with Gasteiger partial charge in [-0.25, -0.2) is 0 Å². The lowest BCUT2D eigenvalue weighted by Crippen LogP contribution is -2.32. The number of nitrogens with one attached hydrogen (secondary N) is 2. The molecule has 2 aromatic rings. The molecule has 0 saturated carbocycles. The van der Waals surface area contributed by atoms with E-state index in [1.807, 2.05) is 13.8 Å². The number of benzene rings is 2. The van der Waals surface area contributed by atoms with Crippen LogP contribution in [-0.2, 0) is 4.79 Å². The van der Waals surface area contributed by atoms with Gasteiger partial charge in [-0.15, -0.1) is 0 Å². The minimum atomic E-state index is -0.203. The Morgan fingerprint density at radius 2 is 1.89 bits per heavy atom. The Bertz CT molecular complexity index is 827. The Morgan fingerprint density at radius 1 is 1.14 bits per heavy atom. The minimum absolute atomic E-state index is 0.0631. The fourth-order valence-corrected chi connectivity index (χ4v) is 2.88. The average Bonchev–Trinajstić information content (AvgIpc) is 2.66. The van der Waals surface area contributed by atoms with Crippen LogP contribution in [0, 0.1) is 0 Å². The maximum absolute atomic E-state index is 12.4. The Kier molecular flexibility index (Phi) is 8.61. The Balaban J connectivity index is 1.85. The molecule has 2 rings (SSSR count). The normalized spacial score (nSPS) is 11.6. The van der Waals surface area contributed by atoms with Crippen LogP contribution in [0.1, 0.15) is 43.5 Å². The van der Waals surface area contributed by atoms with Crippen molar-refractivity contribution in [2.24, 2.45) is 0 Å². The summed E-state index contributed by atoms with van der Waals surface area (Å²) in [5.74, 6) is 0.138. The van der Waals surface area contributed by atoms with Gasteiger partial charge in [-0.05, 0) is 50.1 Å². The standard InChI is InChI=1S/C21H24Cl2N2O3/c1-3-14(2)24-21(27)16-7-4-5-8-18(16)25-20(26)9-6-12-28-19-11-10-15(22)13-17(19)23/h4-5,7-8,10-11,13-14H,3,6,9,12H2,1-2H3,(H,24,27)(H,25,26). The molecule has 0 aliphatic rings. The highest BCUT2D eigenvalue weighted by atomic mass is 35.5. The van der Waals surface area contributed by atoms with Crippen LogP contribution in [0.4, 0.5) is 5.69 Å². The molecule has 7 heteroatoms. The highest BCUT2D eigenvalue weighted by Gasteiger charge is 2.14. The summed E-state index contributed by atoms with van der Waals surface area (Å²) in [6.45, 7) is 4.27. The van der Waals surface area contributed by atoms with Crippen LogP contribution < -0.4 is 15.4 Å². The van der Waals surface area contributed by atoms with Crippen molar-refractivity contribution in [3.05, 3.63) is 58.1 Å². The van der Waals surface area contributed by atoms with E-state index in [-0.39, 0.29) is 24.3 Å². The molecule has 1 unspecified atom stereocenters. The van der Waals surface area contributed by atoms with Crippen molar-refractivity contribution in [2.45, 2.75) is 39.2 Å². The summed E-state index contributed by atoms with van der Waals surface area (Å²) in [4.78, 5) is 24.6.